The Kier molecular flexibility index (Phi) is 3.03. The van der Waals surface area contributed by atoms with Crippen molar-refractivity contribution in [2.45, 2.75) is 25.9 Å². The van der Waals surface area contributed by atoms with Crippen molar-refractivity contribution < 1.29 is 8.76 Å². The number of aromatic nitrogens is 4. The molecule has 0 radical (unpaired) electrons. The van der Waals surface area contributed by atoms with Crippen LogP contribution in [0, 0.1) is 20.8 Å². The van der Waals surface area contributed by atoms with Gasteiger partial charge in [0.15, 0.2) is 0 Å². The van der Waals surface area contributed by atoms with Crippen molar-refractivity contribution in [3.8, 4) is 5.69 Å². The van der Waals surface area contributed by atoms with Gasteiger partial charge in [0.1, 0.15) is 0 Å². The molecular formula is C10H12N4O2S. The summed E-state index contributed by atoms with van der Waals surface area (Å²) in [6.45, 7) is 5.83. The molecule has 0 aliphatic rings. The average Bonchev–Trinajstić information content (AvgIpc) is 2.64. The lowest BCUT2D eigenvalue weighted by molar-refractivity contribution is 0.548. The summed E-state index contributed by atoms with van der Waals surface area (Å²) in [7, 11) is 0. The van der Waals surface area contributed by atoms with Crippen molar-refractivity contribution in [3.05, 3.63) is 28.8 Å². The predicted molar refractivity (Wildman–Crippen MR) is 62.4 cm³/mol. The second-order valence-electron chi connectivity index (χ2n) is 3.87. The maximum Gasteiger partial charge on any atom is 0.272 e. The molecule has 1 heterocycles. The van der Waals surface area contributed by atoms with Gasteiger partial charge in [-0.1, -0.05) is 22.8 Å². The van der Waals surface area contributed by atoms with Crippen molar-refractivity contribution in [2.24, 2.45) is 0 Å². The van der Waals surface area contributed by atoms with Gasteiger partial charge in [0, 0.05) is 0 Å². The first-order chi connectivity index (χ1) is 8.00. The summed E-state index contributed by atoms with van der Waals surface area (Å²) in [5.74, 6) is 0. The minimum Gasteiger partial charge on any atom is -0.300 e. The summed E-state index contributed by atoms with van der Waals surface area (Å²) < 4.78 is 21.5. The lowest BCUT2D eigenvalue weighted by Crippen LogP contribution is -2.08. The molecule has 2 rings (SSSR count). The van der Waals surface area contributed by atoms with E-state index in [4.69, 9.17) is 4.55 Å². The molecule has 1 aromatic heterocycles. The van der Waals surface area contributed by atoms with Gasteiger partial charge >= 0.3 is 0 Å². The topological polar surface area (TPSA) is 80.9 Å². The van der Waals surface area contributed by atoms with Crippen LogP contribution in [0.4, 0.5) is 0 Å². The molecule has 1 N–H and O–H groups in total. The van der Waals surface area contributed by atoms with Gasteiger partial charge in [-0.3, -0.25) is 4.55 Å². The number of hydrogen-bond acceptors (Lipinski definition) is 4. The van der Waals surface area contributed by atoms with E-state index in [9.17, 15) is 4.21 Å². The van der Waals surface area contributed by atoms with Crippen molar-refractivity contribution in [1.82, 2.24) is 20.2 Å². The fourth-order valence-electron chi connectivity index (χ4n) is 1.93. The van der Waals surface area contributed by atoms with Gasteiger partial charge in [-0.15, -0.1) is 0 Å². The van der Waals surface area contributed by atoms with Crippen LogP contribution in [0.5, 0.6) is 0 Å². The molecule has 0 spiro atoms. The Morgan fingerprint density at radius 1 is 1.24 bits per heavy atom. The number of hydrogen-bond donors (Lipinski definition) is 1. The van der Waals surface area contributed by atoms with Crippen molar-refractivity contribution >= 4 is 11.1 Å². The maximum atomic E-state index is 11.1. The maximum absolute atomic E-state index is 11.1. The number of nitrogens with zero attached hydrogens (tertiary/aromatic N) is 4. The Morgan fingerprint density at radius 2 is 1.82 bits per heavy atom. The first kappa shape index (κ1) is 11.9. The van der Waals surface area contributed by atoms with Gasteiger partial charge in [0.2, 0.25) is 11.1 Å². The van der Waals surface area contributed by atoms with E-state index in [2.05, 4.69) is 15.5 Å². The molecule has 0 fully saturated rings. The van der Waals surface area contributed by atoms with E-state index >= 15 is 0 Å². The summed E-state index contributed by atoms with van der Waals surface area (Å²) in [5, 5.41) is 10.7. The summed E-state index contributed by atoms with van der Waals surface area (Å²) in [6.07, 6.45) is 0. The van der Waals surface area contributed by atoms with Gasteiger partial charge in [0.05, 0.1) is 5.69 Å². The lowest BCUT2D eigenvalue weighted by atomic mass is 10.1. The van der Waals surface area contributed by atoms with Gasteiger partial charge in [-0.05, 0) is 42.3 Å². The van der Waals surface area contributed by atoms with Crippen LogP contribution >= 0.6 is 0 Å². The molecule has 6 nitrogen and oxygen atoms in total. The normalized spacial score (nSPS) is 12.7. The highest BCUT2D eigenvalue weighted by molar-refractivity contribution is 7.79. The SMILES string of the molecule is Cc1cc(C)c(-n2nnnc2S(=O)O)c(C)c1. The Balaban J connectivity index is 2.69. The molecule has 0 aliphatic heterocycles. The minimum absolute atomic E-state index is 0.0694. The number of tetrazole rings is 1. The fraction of sp³-hybridized carbons (Fsp3) is 0.300. The monoisotopic (exact) mass is 252 g/mol. The van der Waals surface area contributed by atoms with E-state index in [-0.39, 0.29) is 5.16 Å². The number of rotatable bonds is 2. The van der Waals surface area contributed by atoms with E-state index in [1.165, 1.54) is 4.68 Å². The highest BCUT2D eigenvalue weighted by Gasteiger charge is 2.16. The van der Waals surface area contributed by atoms with Crippen molar-refractivity contribution in [2.75, 3.05) is 0 Å². The largest absolute Gasteiger partial charge is 0.300 e. The molecule has 0 saturated heterocycles. The molecule has 0 amide bonds. The van der Waals surface area contributed by atoms with E-state index in [0.29, 0.717) is 0 Å². The molecule has 1 aromatic carbocycles. The minimum atomic E-state index is -2.20. The van der Waals surface area contributed by atoms with Gasteiger partial charge in [-0.25, -0.2) is 4.21 Å². The Labute approximate surface area is 101 Å². The zero-order valence-corrected chi connectivity index (χ0v) is 10.5. The second kappa shape index (κ2) is 4.34. The van der Waals surface area contributed by atoms with Crippen LogP contribution in [-0.2, 0) is 11.1 Å². The third-order valence-corrected chi connectivity index (χ3v) is 3.01. The summed E-state index contributed by atoms with van der Waals surface area (Å²) in [6, 6.07) is 3.96. The fourth-order valence-corrected chi connectivity index (χ4v) is 2.32. The van der Waals surface area contributed by atoms with Gasteiger partial charge in [-0.2, -0.15) is 4.68 Å². The van der Waals surface area contributed by atoms with E-state index in [0.717, 1.165) is 22.4 Å². The summed E-state index contributed by atoms with van der Waals surface area (Å²) in [5.41, 5.74) is 3.80. The van der Waals surface area contributed by atoms with Crippen LogP contribution in [0.1, 0.15) is 16.7 Å². The van der Waals surface area contributed by atoms with Crippen LogP contribution in [0.2, 0.25) is 0 Å². The van der Waals surface area contributed by atoms with Crippen LogP contribution < -0.4 is 0 Å². The van der Waals surface area contributed by atoms with Gasteiger partial charge in [0.25, 0.3) is 5.16 Å². The quantitative estimate of drug-likeness (QED) is 0.811. The van der Waals surface area contributed by atoms with E-state index in [1.54, 1.807) is 0 Å². The lowest BCUT2D eigenvalue weighted by Gasteiger charge is -2.10. The first-order valence-corrected chi connectivity index (χ1v) is 6.09. The van der Waals surface area contributed by atoms with Crippen molar-refractivity contribution in [3.63, 3.8) is 0 Å². The molecule has 1 atom stereocenters. The summed E-state index contributed by atoms with van der Waals surface area (Å²) >= 11 is -2.20. The molecular weight excluding hydrogens is 240 g/mol. The van der Waals surface area contributed by atoms with Gasteiger partial charge < -0.3 is 0 Å². The second-order valence-corrected chi connectivity index (χ2v) is 4.73. The molecule has 0 bridgehead atoms. The smallest absolute Gasteiger partial charge is 0.272 e. The standard InChI is InChI=1S/C10H12N4O2S/c1-6-4-7(2)9(8(3)5-6)14-10(17(15)16)11-12-13-14/h4-5H,1-3H3,(H,15,16). The molecule has 0 aliphatic carbocycles. The first-order valence-electron chi connectivity index (χ1n) is 4.98. The van der Waals surface area contributed by atoms with Crippen LogP contribution in [-0.4, -0.2) is 29.0 Å². The summed E-state index contributed by atoms with van der Waals surface area (Å²) in [4.78, 5) is 0. The predicted octanol–water partition coefficient (Wildman–Crippen LogP) is 1.17. The third-order valence-electron chi connectivity index (χ3n) is 2.44. The van der Waals surface area contributed by atoms with Crippen molar-refractivity contribution in [1.29, 1.82) is 0 Å². The van der Waals surface area contributed by atoms with Crippen LogP contribution in [0.15, 0.2) is 17.3 Å². The molecule has 90 valence electrons. The number of aryl methyl sites for hydroxylation is 3. The molecule has 7 heteroatoms. The van der Waals surface area contributed by atoms with E-state index < -0.39 is 11.1 Å². The number of benzene rings is 1. The highest BCUT2D eigenvalue weighted by atomic mass is 32.2. The van der Waals surface area contributed by atoms with E-state index in [1.807, 2.05) is 32.9 Å². The molecule has 0 saturated carbocycles. The average molecular weight is 252 g/mol. The zero-order chi connectivity index (χ0) is 12.6. The highest BCUT2D eigenvalue weighted by Crippen LogP contribution is 2.21. The molecule has 2 aromatic rings. The van der Waals surface area contributed by atoms with Crippen LogP contribution in [0.3, 0.4) is 0 Å². The Hall–Kier alpha value is -1.60. The third kappa shape index (κ3) is 2.11. The molecule has 1 unspecified atom stereocenters. The molecule has 17 heavy (non-hydrogen) atoms. The van der Waals surface area contributed by atoms with Crippen LogP contribution in [0.25, 0.3) is 5.69 Å². The zero-order valence-electron chi connectivity index (χ0n) is 9.71. The Bertz CT molecular complexity index is 571. The Morgan fingerprint density at radius 3 is 2.35 bits per heavy atom.